The summed E-state index contributed by atoms with van der Waals surface area (Å²) >= 11 is 0. The molecule has 0 N–H and O–H groups in total. The van der Waals surface area contributed by atoms with Crippen LogP contribution in [-0.4, -0.2) is 19.8 Å². The van der Waals surface area contributed by atoms with Crippen LogP contribution in [0.5, 0.6) is 0 Å². The van der Waals surface area contributed by atoms with E-state index in [0.29, 0.717) is 5.56 Å². The van der Waals surface area contributed by atoms with Gasteiger partial charge in [0.05, 0.1) is 0 Å². The minimum atomic E-state index is -4.32. The summed E-state index contributed by atoms with van der Waals surface area (Å²) in [4.78, 5) is -0.991. The molecule has 0 aliphatic carbocycles. The van der Waals surface area contributed by atoms with Gasteiger partial charge < -0.3 is 0 Å². The Morgan fingerprint density at radius 2 is 1.48 bits per heavy atom. The van der Waals surface area contributed by atoms with Crippen molar-refractivity contribution in [1.82, 2.24) is 4.31 Å². The second kappa shape index (κ2) is 5.87. The maximum atomic E-state index is 13.6. The van der Waals surface area contributed by atoms with Crippen molar-refractivity contribution in [3.8, 4) is 0 Å². The first-order chi connectivity index (χ1) is 9.82. The summed E-state index contributed by atoms with van der Waals surface area (Å²) in [7, 11) is -3.12. The quantitative estimate of drug-likeness (QED) is 0.870. The fourth-order valence-corrected chi connectivity index (χ4v) is 3.08. The third kappa shape index (κ3) is 3.25. The van der Waals surface area contributed by atoms with Crippen molar-refractivity contribution in [3.63, 3.8) is 0 Å². The molecular weight excluding hydrogens is 303 g/mol. The molecule has 0 heterocycles. The molecule has 0 amide bonds. The summed E-state index contributed by atoms with van der Waals surface area (Å²) in [5.74, 6) is -2.76. The van der Waals surface area contributed by atoms with Gasteiger partial charge in [0.1, 0.15) is 17.5 Å². The van der Waals surface area contributed by atoms with Crippen LogP contribution >= 0.6 is 0 Å². The van der Waals surface area contributed by atoms with E-state index in [2.05, 4.69) is 0 Å². The third-order valence-electron chi connectivity index (χ3n) is 2.91. The summed E-state index contributed by atoms with van der Waals surface area (Å²) in [6.45, 7) is -0.129. The van der Waals surface area contributed by atoms with E-state index >= 15 is 0 Å². The Labute approximate surface area is 120 Å². The molecule has 0 saturated heterocycles. The highest BCUT2D eigenvalue weighted by molar-refractivity contribution is 7.89. The number of nitrogens with zero attached hydrogens (tertiary/aromatic N) is 1. The topological polar surface area (TPSA) is 37.4 Å². The van der Waals surface area contributed by atoms with Crippen molar-refractivity contribution >= 4 is 10.0 Å². The van der Waals surface area contributed by atoms with Gasteiger partial charge in [-0.25, -0.2) is 21.6 Å². The maximum absolute atomic E-state index is 13.6. The molecule has 0 fully saturated rings. The average Bonchev–Trinajstić information content (AvgIpc) is 2.40. The van der Waals surface area contributed by atoms with E-state index in [1.165, 1.54) is 31.3 Å². The molecule has 2 aromatic rings. The second-order valence-electron chi connectivity index (χ2n) is 4.44. The second-order valence-corrected chi connectivity index (χ2v) is 6.42. The van der Waals surface area contributed by atoms with Gasteiger partial charge in [-0.05, 0) is 29.8 Å². The number of sulfonamides is 1. The fraction of sp³-hybridized carbons (Fsp3) is 0.143. The highest BCUT2D eigenvalue weighted by atomic mass is 32.2. The first-order valence-electron chi connectivity index (χ1n) is 5.97. The van der Waals surface area contributed by atoms with Crippen LogP contribution < -0.4 is 0 Å². The predicted octanol–water partition coefficient (Wildman–Crippen LogP) is 2.92. The van der Waals surface area contributed by atoms with Gasteiger partial charge in [0.2, 0.25) is 10.0 Å². The van der Waals surface area contributed by atoms with Crippen molar-refractivity contribution in [2.45, 2.75) is 11.4 Å². The van der Waals surface area contributed by atoms with Gasteiger partial charge in [-0.15, -0.1) is 0 Å². The number of rotatable bonds is 4. The standard InChI is InChI=1S/C14H12F3NO2S/c1-18(9-10-5-7-11(15)8-6-10)21(19,20)14-12(16)3-2-4-13(14)17/h2-8H,9H2,1H3. The number of halogens is 3. The zero-order valence-electron chi connectivity index (χ0n) is 11.1. The van der Waals surface area contributed by atoms with Crippen LogP contribution in [-0.2, 0) is 16.6 Å². The van der Waals surface area contributed by atoms with Gasteiger partial charge in [-0.1, -0.05) is 18.2 Å². The first kappa shape index (κ1) is 15.5. The normalized spacial score (nSPS) is 11.9. The van der Waals surface area contributed by atoms with Crippen LogP contribution in [0.3, 0.4) is 0 Å². The van der Waals surface area contributed by atoms with Crippen LogP contribution in [0.15, 0.2) is 47.4 Å². The van der Waals surface area contributed by atoms with Crippen LogP contribution in [0.25, 0.3) is 0 Å². The van der Waals surface area contributed by atoms with Crippen LogP contribution in [0.2, 0.25) is 0 Å². The minimum absolute atomic E-state index is 0.129. The first-order valence-corrected chi connectivity index (χ1v) is 7.41. The van der Waals surface area contributed by atoms with Crippen molar-refractivity contribution in [3.05, 3.63) is 65.5 Å². The molecular formula is C14H12F3NO2S. The Kier molecular flexibility index (Phi) is 4.34. The Hall–Kier alpha value is -1.86. The molecule has 2 rings (SSSR count). The minimum Gasteiger partial charge on any atom is -0.207 e. The molecule has 0 radical (unpaired) electrons. The summed E-state index contributed by atoms with van der Waals surface area (Å²) in [5.41, 5.74) is 0.499. The Morgan fingerprint density at radius 1 is 0.952 bits per heavy atom. The predicted molar refractivity (Wildman–Crippen MR) is 71.4 cm³/mol. The lowest BCUT2D eigenvalue weighted by Gasteiger charge is -2.18. The van der Waals surface area contributed by atoms with Crippen LogP contribution in [0.1, 0.15) is 5.56 Å². The molecule has 112 valence electrons. The number of hydrogen-bond donors (Lipinski definition) is 0. The van der Waals surface area contributed by atoms with E-state index in [1.807, 2.05) is 0 Å². The largest absolute Gasteiger partial charge is 0.248 e. The zero-order chi connectivity index (χ0) is 15.6. The Bertz CT molecular complexity index is 725. The monoisotopic (exact) mass is 315 g/mol. The van der Waals surface area contributed by atoms with E-state index in [-0.39, 0.29) is 6.54 Å². The molecule has 0 spiro atoms. The lowest BCUT2D eigenvalue weighted by molar-refractivity contribution is 0.447. The van der Waals surface area contributed by atoms with Crippen molar-refractivity contribution in [1.29, 1.82) is 0 Å². The van der Waals surface area contributed by atoms with Crippen molar-refractivity contribution < 1.29 is 21.6 Å². The lowest BCUT2D eigenvalue weighted by Crippen LogP contribution is -2.28. The van der Waals surface area contributed by atoms with Crippen LogP contribution in [0.4, 0.5) is 13.2 Å². The van der Waals surface area contributed by atoms with Gasteiger partial charge in [0, 0.05) is 13.6 Å². The highest BCUT2D eigenvalue weighted by Gasteiger charge is 2.28. The molecule has 3 nitrogen and oxygen atoms in total. The Morgan fingerprint density at radius 3 is 2.00 bits per heavy atom. The summed E-state index contributed by atoms with van der Waals surface area (Å²) in [5, 5.41) is 0. The lowest BCUT2D eigenvalue weighted by atomic mass is 10.2. The molecule has 0 bridgehead atoms. The molecule has 0 aliphatic heterocycles. The van der Waals surface area contributed by atoms with E-state index in [0.717, 1.165) is 22.5 Å². The molecule has 0 atom stereocenters. The molecule has 0 aromatic heterocycles. The average molecular weight is 315 g/mol. The van der Waals surface area contributed by atoms with Gasteiger partial charge in [-0.2, -0.15) is 4.31 Å². The van der Waals surface area contributed by atoms with Gasteiger partial charge in [-0.3, -0.25) is 0 Å². The van der Waals surface area contributed by atoms with E-state index in [9.17, 15) is 21.6 Å². The van der Waals surface area contributed by atoms with Gasteiger partial charge >= 0.3 is 0 Å². The zero-order valence-corrected chi connectivity index (χ0v) is 11.9. The highest BCUT2D eigenvalue weighted by Crippen LogP contribution is 2.22. The summed E-state index contributed by atoms with van der Waals surface area (Å²) in [6.07, 6.45) is 0. The van der Waals surface area contributed by atoms with E-state index in [1.54, 1.807) is 0 Å². The van der Waals surface area contributed by atoms with E-state index in [4.69, 9.17) is 0 Å². The molecule has 21 heavy (non-hydrogen) atoms. The van der Waals surface area contributed by atoms with Crippen molar-refractivity contribution in [2.75, 3.05) is 7.05 Å². The smallest absolute Gasteiger partial charge is 0.207 e. The van der Waals surface area contributed by atoms with Crippen molar-refractivity contribution in [2.24, 2.45) is 0 Å². The third-order valence-corrected chi connectivity index (χ3v) is 4.76. The van der Waals surface area contributed by atoms with Crippen LogP contribution in [0, 0.1) is 17.5 Å². The number of benzene rings is 2. The molecule has 0 aliphatic rings. The van der Waals surface area contributed by atoms with Gasteiger partial charge in [0.15, 0.2) is 4.90 Å². The van der Waals surface area contributed by atoms with E-state index < -0.39 is 32.4 Å². The molecule has 7 heteroatoms. The maximum Gasteiger partial charge on any atom is 0.248 e. The molecule has 0 saturated carbocycles. The summed E-state index contributed by atoms with van der Waals surface area (Å²) < 4.78 is 65.2. The van der Waals surface area contributed by atoms with Gasteiger partial charge in [0.25, 0.3) is 0 Å². The summed E-state index contributed by atoms with van der Waals surface area (Å²) in [6, 6.07) is 8.00. The molecule has 0 unspecified atom stereocenters. The SMILES string of the molecule is CN(Cc1ccc(F)cc1)S(=O)(=O)c1c(F)cccc1F. The fourth-order valence-electron chi connectivity index (χ4n) is 1.82. The Balaban J connectivity index is 2.33. The molecule has 2 aromatic carbocycles. The number of hydrogen-bond acceptors (Lipinski definition) is 2.